The van der Waals surface area contributed by atoms with E-state index in [1.54, 1.807) is 13.2 Å². The minimum atomic E-state index is -0.218. The monoisotopic (exact) mass is 253 g/mol. The molecule has 1 N–H and O–H groups in total. The predicted molar refractivity (Wildman–Crippen MR) is 69.4 cm³/mol. The number of nitrogens with one attached hydrogen (secondary N) is 1. The lowest BCUT2D eigenvalue weighted by Gasteiger charge is -2.43. The average Bonchev–Trinajstić information content (AvgIpc) is 2.31. The van der Waals surface area contributed by atoms with Gasteiger partial charge in [0.1, 0.15) is 11.9 Å². The van der Waals surface area contributed by atoms with Crippen LogP contribution in [0.3, 0.4) is 0 Å². The number of hydrogen-bond donors (Lipinski definition) is 1. The Bertz CT molecular complexity index is 411. The minimum absolute atomic E-state index is 0.00865. The molecule has 0 aromatic heterocycles. The van der Waals surface area contributed by atoms with Crippen LogP contribution >= 0.6 is 0 Å². The minimum Gasteiger partial charge on any atom is -0.377 e. The van der Waals surface area contributed by atoms with Gasteiger partial charge in [0.15, 0.2) is 0 Å². The van der Waals surface area contributed by atoms with Gasteiger partial charge in [-0.05, 0) is 38.0 Å². The molecule has 1 aliphatic rings. The molecular weight excluding hydrogens is 233 g/mol. The van der Waals surface area contributed by atoms with Crippen LogP contribution in [0.4, 0.5) is 10.1 Å². The van der Waals surface area contributed by atoms with Crippen molar-refractivity contribution in [1.82, 2.24) is 0 Å². The maximum atomic E-state index is 13.7. The lowest BCUT2D eigenvalue weighted by Crippen LogP contribution is -2.56. The SMILES string of the molecule is CCOC1CC(Nc2ccc(C)cc2F)C1OC. The Balaban J connectivity index is 1.98. The second-order valence-corrected chi connectivity index (χ2v) is 4.66. The molecule has 0 spiro atoms. The Kier molecular flexibility index (Phi) is 4.19. The van der Waals surface area contributed by atoms with Gasteiger partial charge in [-0.1, -0.05) is 6.07 Å². The van der Waals surface area contributed by atoms with E-state index in [0.717, 1.165) is 12.0 Å². The molecule has 0 aliphatic heterocycles. The number of hydrogen-bond acceptors (Lipinski definition) is 3. The normalized spacial score (nSPS) is 26.8. The van der Waals surface area contributed by atoms with Crippen molar-refractivity contribution in [1.29, 1.82) is 0 Å². The van der Waals surface area contributed by atoms with Crippen LogP contribution in [0.25, 0.3) is 0 Å². The van der Waals surface area contributed by atoms with Crippen molar-refractivity contribution < 1.29 is 13.9 Å². The number of anilines is 1. The quantitative estimate of drug-likeness (QED) is 0.875. The van der Waals surface area contributed by atoms with Gasteiger partial charge in [-0.25, -0.2) is 4.39 Å². The molecule has 18 heavy (non-hydrogen) atoms. The molecule has 3 atom stereocenters. The van der Waals surface area contributed by atoms with E-state index in [0.29, 0.717) is 12.3 Å². The van der Waals surface area contributed by atoms with E-state index >= 15 is 0 Å². The summed E-state index contributed by atoms with van der Waals surface area (Å²) >= 11 is 0. The molecule has 3 nitrogen and oxygen atoms in total. The molecule has 100 valence electrons. The summed E-state index contributed by atoms with van der Waals surface area (Å²) in [6.07, 6.45) is 0.955. The summed E-state index contributed by atoms with van der Waals surface area (Å²) in [6.45, 7) is 4.52. The zero-order valence-electron chi connectivity index (χ0n) is 11.1. The topological polar surface area (TPSA) is 30.5 Å². The maximum Gasteiger partial charge on any atom is 0.146 e. The van der Waals surface area contributed by atoms with Gasteiger partial charge in [0.25, 0.3) is 0 Å². The summed E-state index contributed by atoms with van der Waals surface area (Å²) < 4.78 is 24.6. The number of aryl methyl sites for hydroxylation is 1. The lowest BCUT2D eigenvalue weighted by atomic mass is 9.85. The van der Waals surface area contributed by atoms with Gasteiger partial charge in [-0.3, -0.25) is 0 Å². The fraction of sp³-hybridized carbons (Fsp3) is 0.571. The first-order chi connectivity index (χ1) is 8.65. The second-order valence-electron chi connectivity index (χ2n) is 4.66. The summed E-state index contributed by atoms with van der Waals surface area (Å²) in [7, 11) is 1.66. The van der Waals surface area contributed by atoms with Crippen LogP contribution in [0.2, 0.25) is 0 Å². The van der Waals surface area contributed by atoms with Crippen molar-refractivity contribution in [3.63, 3.8) is 0 Å². The molecule has 0 saturated heterocycles. The van der Waals surface area contributed by atoms with Gasteiger partial charge < -0.3 is 14.8 Å². The number of rotatable bonds is 5. The molecule has 0 bridgehead atoms. The van der Waals surface area contributed by atoms with E-state index in [9.17, 15) is 4.39 Å². The Labute approximate surface area is 107 Å². The van der Waals surface area contributed by atoms with Crippen molar-refractivity contribution in [3.05, 3.63) is 29.6 Å². The molecule has 2 rings (SSSR count). The van der Waals surface area contributed by atoms with Gasteiger partial charge in [-0.15, -0.1) is 0 Å². The summed E-state index contributed by atoms with van der Waals surface area (Å²) in [4.78, 5) is 0. The van der Waals surface area contributed by atoms with E-state index in [1.807, 2.05) is 19.9 Å². The van der Waals surface area contributed by atoms with Crippen molar-refractivity contribution in [2.75, 3.05) is 19.0 Å². The zero-order chi connectivity index (χ0) is 13.1. The van der Waals surface area contributed by atoms with Crippen LogP contribution in [-0.2, 0) is 9.47 Å². The van der Waals surface area contributed by atoms with Gasteiger partial charge >= 0.3 is 0 Å². The largest absolute Gasteiger partial charge is 0.377 e. The van der Waals surface area contributed by atoms with Crippen LogP contribution in [0.5, 0.6) is 0 Å². The van der Waals surface area contributed by atoms with Crippen LogP contribution in [0, 0.1) is 12.7 Å². The molecule has 1 aromatic carbocycles. The highest BCUT2D eigenvalue weighted by molar-refractivity contribution is 5.48. The maximum absolute atomic E-state index is 13.7. The lowest BCUT2D eigenvalue weighted by molar-refractivity contribution is -0.118. The molecule has 0 amide bonds. The molecular formula is C14H20FNO2. The molecule has 3 unspecified atom stereocenters. The average molecular weight is 253 g/mol. The highest BCUT2D eigenvalue weighted by Crippen LogP contribution is 2.30. The number of methoxy groups -OCH3 is 1. The Hall–Kier alpha value is -1.13. The van der Waals surface area contributed by atoms with E-state index in [1.165, 1.54) is 6.07 Å². The summed E-state index contributed by atoms with van der Waals surface area (Å²) in [5, 5.41) is 3.18. The molecule has 1 fully saturated rings. The first-order valence-corrected chi connectivity index (χ1v) is 6.32. The van der Waals surface area contributed by atoms with E-state index in [2.05, 4.69) is 5.32 Å². The smallest absolute Gasteiger partial charge is 0.146 e. The van der Waals surface area contributed by atoms with Crippen molar-refractivity contribution >= 4 is 5.69 Å². The first-order valence-electron chi connectivity index (χ1n) is 6.32. The van der Waals surface area contributed by atoms with Gasteiger partial charge in [0, 0.05) is 13.7 Å². The second kappa shape index (κ2) is 5.67. The highest BCUT2D eigenvalue weighted by Gasteiger charge is 2.42. The van der Waals surface area contributed by atoms with E-state index in [4.69, 9.17) is 9.47 Å². The van der Waals surface area contributed by atoms with Crippen LogP contribution in [0.1, 0.15) is 18.9 Å². The van der Waals surface area contributed by atoms with Gasteiger partial charge in [-0.2, -0.15) is 0 Å². The fourth-order valence-corrected chi connectivity index (χ4v) is 2.35. The summed E-state index contributed by atoms with van der Waals surface area (Å²) in [5.41, 5.74) is 1.45. The van der Waals surface area contributed by atoms with E-state index in [-0.39, 0.29) is 24.1 Å². The highest BCUT2D eigenvalue weighted by atomic mass is 19.1. The predicted octanol–water partition coefficient (Wildman–Crippen LogP) is 2.74. The van der Waals surface area contributed by atoms with E-state index < -0.39 is 0 Å². The molecule has 1 aromatic rings. The number of ether oxygens (including phenoxy) is 2. The van der Waals surface area contributed by atoms with Crippen LogP contribution < -0.4 is 5.32 Å². The van der Waals surface area contributed by atoms with Crippen LogP contribution in [0.15, 0.2) is 18.2 Å². The number of benzene rings is 1. The molecule has 0 radical (unpaired) electrons. The van der Waals surface area contributed by atoms with Crippen molar-refractivity contribution in [2.45, 2.75) is 38.5 Å². The molecule has 1 aliphatic carbocycles. The Morgan fingerprint density at radius 1 is 1.44 bits per heavy atom. The summed E-state index contributed by atoms with van der Waals surface area (Å²) in [6, 6.07) is 5.31. The Morgan fingerprint density at radius 3 is 2.83 bits per heavy atom. The first kappa shape index (κ1) is 13.3. The Morgan fingerprint density at radius 2 is 2.22 bits per heavy atom. The third-order valence-corrected chi connectivity index (χ3v) is 3.37. The number of halogens is 1. The van der Waals surface area contributed by atoms with Crippen LogP contribution in [-0.4, -0.2) is 32.0 Å². The molecule has 1 saturated carbocycles. The molecule has 0 heterocycles. The fourth-order valence-electron chi connectivity index (χ4n) is 2.35. The standard InChI is InChI=1S/C14H20FNO2/c1-4-18-13-8-12(14(13)17-3)16-11-6-5-9(2)7-10(11)15/h5-7,12-14,16H,4,8H2,1-3H3. The van der Waals surface area contributed by atoms with Crippen molar-refractivity contribution in [2.24, 2.45) is 0 Å². The third-order valence-electron chi connectivity index (χ3n) is 3.37. The van der Waals surface area contributed by atoms with Crippen molar-refractivity contribution in [3.8, 4) is 0 Å². The third kappa shape index (κ3) is 2.65. The molecule has 4 heteroatoms. The zero-order valence-corrected chi connectivity index (χ0v) is 11.1. The van der Waals surface area contributed by atoms with Gasteiger partial charge in [0.2, 0.25) is 0 Å². The van der Waals surface area contributed by atoms with Gasteiger partial charge in [0.05, 0.1) is 17.8 Å². The summed E-state index contributed by atoms with van der Waals surface area (Å²) in [5.74, 6) is -0.218.